The van der Waals surface area contributed by atoms with E-state index < -0.39 is 4.92 Å². The van der Waals surface area contributed by atoms with Gasteiger partial charge in [0.05, 0.1) is 16.0 Å². The Labute approximate surface area is 123 Å². The van der Waals surface area contributed by atoms with Crippen molar-refractivity contribution in [3.8, 4) is 11.6 Å². The summed E-state index contributed by atoms with van der Waals surface area (Å²) in [6.45, 7) is 1.52. The number of halogens is 1. The normalized spacial score (nSPS) is 10.3. The standard InChI is InChI=1S/C13H11BrN2O4/c1-8-11(16(18)19)6-15-13(12(8)14)20-10-4-2-3-9(5-10)7-17/h2-6,17H,7H2,1H3. The van der Waals surface area contributed by atoms with Crippen molar-refractivity contribution in [3.05, 3.63) is 56.2 Å². The van der Waals surface area contributed by atoms with Gasteiger partial charge >= 0.3 is 0 Å². The molecule has 0 radical (unpaired) electrons. The van der Waals surface area contributed by atoms with Crippen LogP contribution in [0.25, 0.3) is 0 Å². The zero-order valence-corrected chi connectivity index (χ0v) is 12.1. The summed E-state index contributed by atoms with van der Waals surface area (Å²) in [7, 11) is 0. The molecule has 0 fully saturated rings. The third kappa shape index (κ3) is 2.94. The van der Waals surface area contributed by atoms with Crippen LogP contribution in [0.1, 0.15) is 11.1 Å². The van der Waals surface area contributed by atoms with Crippen LogP contribution in [0.3, 0.4) is 0 Å². The van der Waals surface area contributed by atoms with E-state index in [-0.39, 0.29) is 18.2 Å². The fraction of sp³-hybridized carbons (Fsp3) is 0.154. The highest BCUT2D eigenvalue weighted by molar-refractivity contribution is 9.10. The van der Waals surface area contributed by atoms with Gasteiger partial charge in [0.25, 0.3) is 5.69 Å². The molecular formula is C13H11BrN2O4. The Morgan fingerprint density at radius 1 is 1.50 bits per heavy atom. The van der Waals surface area contributed by atoms with Gasteiger partial charge in [0.2, 0.25) is 5.88 Å². The first-order chi connectivity index (χ1) is 9.52. The third-order valence-corrected chi connectivity index (χ3v) is 3.63. The van der Waals surface area contributed by atoms with Gasteiger partial charge in [-0.15, -0.1) is 0 Å². The number of aliphatic hydroxyl groups is 1. The van der Waals surface area contributed by atoms with Crippen molar-refractivity contribution in [1.29, 1.82) is 0 Å². The lowest BCUT2D eigenvalue weighted by molar-refractivity contribution is -0.385. The molecule has 2 aromatic rings. The van der Waals surface area contributed by atoms with Crippen LogP contribution in [-0.2, 0) is 6.61 Å². The molecule has 0 saturated heterocycles. The van der Waals surface area contributed by atoms with E-state index in [0.717, 1.165) is 6.20 Å². The van der Waals surface area contributed by atoms with Gasteiger partial charge < -0.3 is 9.84 Å². The number of nitrogens with zero attached hydrogens (tertiary/aromatic N) is 2. The molecule has 0 saturated carbocycles. The SMILES string of the molecule is Cc1c([N+](=O)[O-])cnc(Oc2cccc(CO)c2)c1Br. The largest absolute Gasteiger partial charge is 0.438 e. The topological polar surface area (TPSA) is 85.5 Å². The first kappa shape index (κ1) is 14.4. The molecule has 20 heavy (non-hydrogen) atoms. The number of aliphatic hydroxyl groups excluding tert-OH is 1. The average Bonchev–Trinajstić information content (AvgIpc) is 2.44. The molecule has 0 amide bonds. The Kier molecular flexibility index (Phi) is 4.31. The van der Waals surface area contributed by atoms with Gasteiger partial charge in [-0.2, -0.15) is 0 Å². The molecule has 0 aliphatic rings. The Morgan fingerprint density at radius 3 is 2.90 bits per heavy atom. The number of aromatic nitrogens is 1. The number of hydrogen-bond acceptors (Lipinski definition) is 5. The Bertz CT molecular complexity index is 661. The van der Waals surface area contributed by atoms with Gasteiger partial charge in [-0.05, 0) is 40.5 Å². The van der Waals surface area contributed by atoms with Crippen molar-refractivity contribution in [2.45, 2.75) is 13.5 Å². The van der Waals surface area contributed by atoms with E-state index in [1.54, 1.807) is 31.2 Å². The van der Waals surface area contributed by atoms with Crippen LogP contribution in [-0.4, -0.2) is 15.0 Å². The van der Waals surface area contributed by atoms with Crippen LogP contribution in [0.2, 0.25) is 0 Å². The average molecular weight is 339 g/mol. The summed E-state index contributed by atoms with van der Waals surface area (Å²) < 4.78 is 6.01. The van der Waals surface area contributed by atoms with Crippen LogP contribution in [0, 0.1) is 17.0 Å². The van der Waals surface area contributed by atoms with E-state index in [1.165, 1.54) is 0 Å². The number of nitro groups is 1. The van der Waals surface area contributed by atoms with Gasteiger partial charge in [0.15, 0.2) is 0 Å². The molecule has 2 rings (SSSR count). The summed E-state index contributed by atoms with van der Waals surface area (Å²) in [6, 6.07) is 6.89. The molecule has 1 N–H and O–H groups in total. The lowest BCUT2D eigenvalue weighted by atomic mass is 10.2. The highest BCUT2D eigenvalue weighted by Crippen LogP contribution is 2.34. The summed E-state index contributed by atoms with van der Waals surface area (Å²) in [5.74, 6) is 0.737. The summed E-state index contributed by atoms with van der Waals surface area (Å²) in [4.78, 5) is 14.2. The smallest absolute Gasteiger partial charge is 0.291 e. The molecule has 1 aromatic carbocycles. The van der Waals surface area contributed by atoms with Gasteiger partial charge in [0, 0.05) is 5.56 Å². The van der Waals surface area contributed by atoms with Crippen LogP contribution >= 0.6 is 15.9 Å². The van der Waals surface area contributed by atoms with Crippen molar-refractivity contribution >= 4 is 21.6 Å². The molecule has 1 heterocycles. The predicted molar refractivity (Wildman–Crippen MR) is 75.8 cm³/mol. The maximum absolute atomic E-state index is 10.8. The van der Waals surface area contributed by atoms with Gasteiger partial charge in [-0.3, -0.25) is 10.1 Å². The number of rotatable bonds is 4. The van der Waals surface area contributed by atoms with E-state index in [2.05, 4.69) is 20.9 Å². The second-order valence-electron chi connectivity index (χ2n) is 4.05. The number of ether oxygens (including phenoxy) is 1. The van der Waals surface area contributed by atoms with Crippen LogP contribution in [0.15, 0.2) is 34.9 Å². The van der Waals surface area contributed by atoms with Crippen LogP contribution in [0.4, 0.5) is 5.69 Å². The number of benzene rings is 1. The van der Waals surface area contributed by atoms with Gasteiger partial charge in [0.1, 0.15) is 11.9 Å². The highest BCUT2D eigenvalue weighted by atomic mass is 79.9. The van der Waals surface area contributed by atoms with Crippen LogP contribution < -0.4 is 4.74 Å². The quantitative estimate of drug-likeness (QED) is 0.682. The minimum Gasteiger partial charge on any atom is -0.438 e. The molecular weight excluding hydrogens is 328 g/mol. The molecule has 104 valence electrons. The third-order valence-electron chi connectivity index (χ3n) is 2.70. The van der Waals surface area contributed by atoms with E-state index in [9.17, 15) is 10.1 Å². The Balaban J connectivity index is 2.34. The molecule has 1 aromatic heterocycles. The molecule has 0 spiro atoms. The Hall–Kier alpha value is -1.99. The second kappa shape index (κ2) is 5.98. The molecule has 0 aliphatic carbocycles. The fourth-order valence-corrected chi connectivity index (χ4v) is 2.01. The number of pyridine rings is 1. The maximum Gasteiger partial charge on any atom is 0.291 e. The summed E-state index contributed by atoms with van der Waals surface area (Å²) in [5, 5.41) is 19.9. The zero-order chi connectivity index (χ0) is 14.7. The summed E-state index contributed by atoms with van der Waals surface area (Å²) in [5.41, 5.74) is 1.07. The Morgan fingerprint density at radius 2 is 2.25 bits per heavy atom. The monoisotopic (exact) mass is 338 g/mol. The first-order valence-electron chi connectivity index (χ1n) is 5.70. The predicted octanol–water partition coefficient (Wildman–Crippen LogP) is 3.35. The molecule has 0 atom stereocenters. The highest BCUT2D eigenvalue weighted by Gasteiger charge is 2.18. The minimum absolute atomic E-state index is 0.0756. The molecule has 0 aliphatic heterocycles. The van der Waals surface area contributed by atoms with Crippen molar-refractivity contribution < 1.29 is 14.8 Å². The lowest BCUT2D eigenvalue weighted by Gasteiger charge is -2.09. The zero-order valence-electron chi connectivity index (χ0n) is 10.5. The maximum atomic E-state index is 10.8. The second-order valence-corrected chi connectivity index (χ2v) is 4.85. The van der Waals surface area contributed by atoms with Crippen molar-refractivity contribution in [1.82, 2.24) is 4.98 Å². The molecule has 7 heteroatoms. The fourth-order valence-electron chi connectivity index (χ4n) is 1.62. The van der Waals surface area contributed by atoms with E-state index >= 15 is 0 Å². The van der Waals surface area contributed by atoms with Gasteiger partial charge in [-0.25, -0.2) is 4.98 Å². The molecule has 6 nitrogen and oxygen atoms in total. The van der Waals surface area contributed by atoms with Crippen molar-refractivity contribution in [2.24, 2.45) is 0 Å². The summed E-state index contributed by atoms with van der Waals surface area (Å²) in [6.07, 6.45) is 1.16. The number of hydrogen-bond donors (Lipinski definition) is 1. The summed E-state index contributed by atoms with van der Waals surface area (Å²) >= 11 is 3.25. The minimum atomic E-state index is -0.497. The van der Waals surface area contributed by atoms with Crippen LogP contribution in [0.5, 0.6) is 11.6 Å². The van der Waals surface area contributed by atoms with E-state index in [0.29, 0.717) is 21.3 Å². The first-order valence-corrected chi connectivity index (χ1v) is 6.49. The van der Waals surface area contributed by atoms with E-state index in [1.807, 2.05) is 0 Å². The van der Waals surface area contributed by atoms with Crippen molar-refractivity contribution in [2.75, 3.05) is 0 Å². The molecule has 0 unspecified atom stereocenters. The molecule has 0 bridgehead atoms. The van der Waals surface area contributed by atoms with Crippen molar-refractivity contribution in [3.63, 3.8) is 0 Å². The lowest BCUT2D eigenvalue weighted by Crippen LogP contribution is -1.97. The van der Waals surface area contributed by atoms with E-state index in [4.69, 9.17) is 9.84 Å². The van der Waals surface area contributed by atoms with Gasteiger partial charge in [-0.1, -0.05) is 12.1 Å².